The molecule has 0 aliphatic rings. The highest BCUT2D eigenvalue weighted by Crippen LogP contribution is 2.13. The third-order valence-corrected chi connectivity index (χ3v) is 3.49. The van der Waals surface area contributed by atoms with Crippen LogP contribution in [-0.4, -0.2) is 23.0 Å². The average molecular weight is 249 g/mol. The molecule has 0 unspecified atom stereocenters. The second-order valence-electron chi connectivity index (χ2n) is 4.72. The summed E-state index contributed by atoms with van der Waals surface area (Å²) in [5.41, 5.74) is 7.38. The van der Waals surface area contributed by atoms with Gasteiger partial charge in [0.25, 0.3) is 0 Å². The lowest BCUT2D eigenvalue weighted by molar-refractivity contribution is -0.122. The van der Waals surface area contributed by atoms with E-state index in [9.17, 15) is 4.79 Å². The molecule has 0 saturated heterocycles. The van der Waals surface area contributed by atoms with Gasteiger partial charge in [-0.2, -0.15) is 0 Å². The lowest BCUT2D eigenvalue weighted by Crippen LogP contribution is -2.53. The molecule has 4 heteroatoms. The molecule has 1 heterocycles. The maximum atomic E-state index is 12.0. The van der Waals surface area contributed by atoms with Crippen molar-refractivity contribution in [3.63, 3.8) is 0 Å². The summed E-state index contributed by atoms with van der Waals surface area (Å²) in [6.07, 6.45) is 3.79. The Labute approximate surface area is 109 Å². The molecule has 4 nitrogen and oxygen atoms in total. The second-order valence-corrected chi connectivity index (χ2v) is 4.72. The van der Waals surface area contributed by atoms with Crippen LogP contribution in [0.2, 0.25) is 0 Å². The highest BCUT2D eigenvalue weighted by Gasteiger charge is 2.26. The third kappa shape index (κ3) is 3.81. The molecule has 0 radical (unpaired) electrons. The Kier molecular flexibility index (Phi) is 5.28. The minimum absolute atomic E-state index is 0.00908. The van der Waals surface area contributed by atoms with Crippen LogP contribution in [0.1, 0.15) is 37.9 Å². The van der Waals surface area contributed by atoms with Gasteiger partial charge < -0.3 is 11.1 Å². The van der Waals surface area contributed by atoms with Gasteiger partial charge in [-0.1, -0.05) is 19.9 Å². The summed E-state index contributed by atoms with van der Waals surface area (Å²) in [5, 5.41) is 3.05. The first kappa shape index (κ1) is 14.6. The van der Waals surface area contributed by atoms with Crippen LogP contribution in [0.5, 0.6) is 0 Å². The number of aromatic nitrogens is 1. The fourth-order valence-electron chi connectivity index (χ4n) is 1.89. The van der Waals surface area contributed by atoms with Crippen LogP contribution in [0.25, 0.3) is 0 Å². The highest BCUT2D eigenvalue weighted by molar-refractivity contribution is 5.79. The zero-order chi connectivity index (χ0) is 13.6. The van der Waals surface area contributed by atoms with Crippen molar-refractivity contribution in [2.24, 2.45) is 5.73 Å². The maximum absolute atomic E-state index is 12.0. The monoisotopic (exact) mass is 249 g/mol. The van der Waals surface area contributed by atoms with Gasteiger partial charge >= 0.3 is 0 Å². The summed E-state index contributed by atoms with van der Waals surface area (Å²) in [4.78, 5) is 16.2. The van der Waals surface area contributed by atoms with Crippen LogP contribution < -0.4 is 11.1 Å². The van der Waals surface area contributed by atoms with E-state index in [4.69, 9.17) is 5.73 Å². The van der Waals surface area contributed by atoms with E-state index in [0.717, 1.165) is 24.1 Å². The van der Waals surface area contributed by atoms with Gasteiger partial charge in [-0.3, -0.25) is 9.78 Å². The van der Waals surface area contributed by atoms with E-state index in [2.05, 4.69) is 10.3 Å². The zero-order valence-electron chi connectivity index (χ0n) is 11.5. The smallest absolute Gasteiger partial charge is 0.224 e. The molecular formula is C14H23N3O. The Hall–Kier alpha value is -1.42. The Balaban J connectivity index is 2.63. The minimum atomic E-state index is -0.269. The molecule has 0 aliphatic carbocycles. The van der Waals surface area contributed by atoms with E-state index in [-0.39, 0.29) is 11.4 Å². The number of pyridine rings is 1. The van der Waals surface area contributed by atoms with Gasteiger partial charge in [0.05, 0.1) is 12.0 Å². The van der Waals surface area contributed by atoms with E-state index in [1.807, 2.05) is 32.9 Å². The van der Waals surface area contributed by atoms with E-state index in [1.165, 1.54) is 0 Å². The molecule has 0 fully saturated rings. The molecule has 1 aromatic heterocycles. The summed E-state index contributed by atoms with van der Waals surface area (Å²) < 4.78 is 0. The van der Waals surface area contributed by atoms with Crippen LogP contribution in [0.15, 0.2) is 18.3 Å². The molecule has 100 valence electrons. The van der Waals surface area contributed by atoms with Crippen molar-refractivity contribution in [3.8, 4) is 0 Å². The second kappa shape index (κ2) is 6.50. The first-order chi connectivity index (χ1) is 8.55. The normalized spacial score (nSPS) is 11.3. The van der Waals surface area contributed by atoms with Gasteiger partial charge in [0.15, 0.2) is 0 Å². The average Bonchev–Trinajstić information content (AvgIpc) is 2.39. The van der Waals surface area contributed by atoms with Crippen molar-refractivity contribution in [1.82, 2.24) is 10.3 Å². The highest BCUT2D eigenvalue weighted by atomic mass is 16.1. The topological polar surface area (TPSA) is 68.0 Å². The number of aryl methyl sites for hydroxylation is 1. The van der Waals surface area contributed by atoms with Gasteiger partial charge in [-0.05, 0) is 31.4 Å². The largest absolute Gasteiger partial charge is 0.349 e. The maximum Gasteiger partial charge on any atom is 0.224 e. The molecule has 1 aromatic rings. The molecule has 0 atom stereocenters. The van der Waals surface area contributed by atoms with E-state index >= 15 is 0 Å². The first-order valence-corrected chi connectivity index (χ1v) is 6.48. The van der Waals surface area contributed by atoms with Crippen LogP contribution >= 0.6 is 0 Å². The van der Waals surface area contributed by atoms with Crippen molar-refractivity contribution >= 4 is 5.91 Å². The Morgan fingerprint density at radius 3 is 2.50 bits per heavy atom. The fraction of sp³-hybridized carbons (Fsp3) is 0.571. The van der Waals surface area contributed by atoms with E-state index in [0.29, 0.717) is 13.0 Å². The number of nitrogens with zero attached hydrogens (tertiary/aromatic N) is 1. The molecular weight excluding hydrogens is 226 g/mol. The summed E-state index contributed by atoms with van der Waals surface area (Å²) in [5.74, 6) is 0.00908. The van der Waals surface area contributed by atoms with Crippen LogP contribution in [0.3, 0.4) is 0 Å². The van der Waals surface area contributed by atoms with Gasteiger partial charge in [-0.15, -0.1) is 0 Å². The Morgan fingerprint density at radius 2 is 2.06 bits per heavy atom. The van der Waals surface area contributed by atoms with Gasteiger partial charge in [0.2, 0.25) is 5.91 Å². The quantitative estimate of drug-likeness (QED) is 0.804. The SMILES string of the molecule is CCC(CC)(CN)NC(=O)Cc1ccc(C)nc1. The van der Waals surface area contributed by atoms with Gasteiger partial charge in [0.1, 0.15) is 0 Å². The molecule has 0 aromatic carbocycles. The molecule has 0 aliphatic heterocycles. The lowest BCUT2D eigenvalue weighted by atomic mass is 9.92. The number of nitrogens with two attached hydrogens (primary N) is 1. The number of hydrogen-bond donors (Lipinski definition) is 2. The van der Waals surface area contributed by atoms with E-state index < -0.39 is 0 Å². The molecule has 1 rings (SSSR count). The summed E-state index contributed by atoms with van der Waals surface area (Å²) >= 11 is 0. The minimum Gasteiger partial charge on any atom is -0.349 e. The fourth-order valence-corrected chi connectivity index (χ4v) is 1.89. The molecule has 18 heavy (non-hydrogen) atoms. The van der Waals surface area contributed by atoms with Crippen molar-refractivity contribution in [2.45, 2.75) is 45.6 Å². The molecule has 1 amide bonds. The Bertz CT molecular complexity index is 374. The van der Waals surface area contributed by atoms with Crippen molar-refractivity contribution < 1.29 is 4.79 Å². The van der Waals surface area contributed by atoms with Crippen molar-refractivity contribution in [1.29, 1.82) is 0 Å². The standard InChI is InChI=1S/C14H23N3O/c1-4-14(5-2,10-15)17-13(18)8-12-7-6-11(3)16-9-12/h6-7,9H,4-5,8,10,15H2,1-3H3,(H,17,18). The summed E-state index contributed by atoms with van der Waals surface area (Å²) in [7, 11) is 0. The number of carbonyl (C=O) groups excluding carboxylic acids is 1. The van der Waals surface area contributed by atoms with Crippen molar-refractivity contribution in [2.75, 3.05) is 6.54 Å². The van der Waals surface area contributed by atoms with Crippen LogP contribution in [0, 0.1) is 6.92 Å². The van der Waals surface area contributed by atoms with E-state index in [1.54, 1.807) is 6.20 Å². The van der Waals surface area contributed by atoms with Gasteiger partial charge in [-0.25, -0.2) is 0 Å². The first-order valence-electron chi connectivity index (χ1n) is 6.48. The van der Waals surface area contributed by atoms with Crippen LogP contribution in [0.4, 0.5) is 0 Å². The zero-order valence-corrected chi connectivity index (χ0v) is 11.5. The van der Waals surface area contributed by atoms with Crippen LogP contribution in [-0.2, 0) is 11.2 Å². The summed E-state index contributed by atoms with van der Waals surface area (Å²) in [6, 6.07) is 3.85. The number of carbonyl (C=O) groups is 1. The lowest BCUT2D eigenvalue weighted by Gasteiger charge is -2.31. The number of nitrogens with one attached hydrogen (secondary N) is 1. The van der Waals surface area contributed by atoms with Gasteiger partial charge in [0, 0.05) is 18.4 Å². The molecule has 0 spiro atoms. The predicted molar refractivity (Wildman–Crippen MR) is 73.2 cm³/mol. The molecule has 3 N–H and O–H groups in total. The number of amides is 1. The number of rotatable bonds is 6. The number of hydrogen-bond acceptors (Lipinski definition) is 3. The predicted octanol–water partition coefficient (Wildman–Crippen LogP) is 1.57. The Morgan fingerprint density at radius 1 is 1.39 bits per heavy atom. The molecule has 0 saturated carbocycles. The van der Waals surface area contributed by atoms with Crippen molar-refractivity contribution in [3.05, 3.63) is 29.6 Å². The molecule has 0 bridgehead atoms. The third-order valence-electron chi connectivity index (χ3n) is 3.49. The summed E-state index contributed by atoms with van der Waals surface area (Å²) in [6.45, 7) is 6.49.